The Hall–Kier alpha value is -1.88. The molecule has 0 fully saturated rings. The van der Waals surface area contributed by atoms with E-state index in [1.807, 2.05) is 26.8 Å². The third-order valence-corrected chi connectivity index (χ3v) is 2.86. The highest BCUT2D eigenvalue weighted by Gasteiger charge is 2.17. The molecule has 1 rings (SSSR count). The lowest BCUT2D eigenvalue weighted by Gasteiger charge is -2.21. The van der Waals surface area contributed by atoms with Gasteiger partial charge >= 0.3 is 0 Å². The molecular weight excluding hydrogens is 254 g/mol. The van der Waals surface area contributed by atoms with E-state index in [1.165, 1.54) is 4.90 Å². The molecule has 0 aliphatic rings. The summed E-state index contributed by atoms with van der Waals surface area (Å²) in [5.74, 6) is -0.299. The second kappa shape index (κ2) is 7.65. The van der Waals surface area contributed by atoms with Gasteiger partial charge in [0.25, 0.3) is 5.91 Å². The highest BCUT2D eigenvalue weighted by molar-refractivity contribution is 5.96. The molecule has 0 spiro atoms. The van der Waals surface area contributed by atoms with Gasteiger partial charge in [0.15, 0.2) is 0 Å². The number of nitrogens with zero attached hydrogens (tertiary/aromatic N) is 1. The SMILES string of the molecule is CCN(CC(=O)NC(C)C)C(=O)c1cccc(CN)c1. The van der Waals surface area contributed by atoms with Crippen LogP contribution in [0.2, 0.25) is 0 Å². The van der Waals surface area contributed by atoms with Gasteiger partial charge in [0.2, 0.25) is 5.91 Å². The van der Waals surface area contributed by atoms with E-state index in [2.05, 4.69) is 5.32 Å². The molecule has 0 unspecified atom stereocenters. The number of rotatable bonds is 6. The lowest BCUT2D eigenvalue weighted by atomic mass is 10.1. The number of hydrogen-bond donors (Lipinski definition) is 2. The Balaban J connectivity index is 2.78. The predicted octanol–water partition coefficient (Wildman–Crippen LogP) is 1.13. The third-order valence-electron chi connectivity index (χ3n) is 2.86. The van der Waals surface area contributed by atoms with Crippen LogP contribution in [-0.4, -0.2) is 35.8 Å². The quantitative estimate of drug-likeness (QED) is 0.818. The molecule has 2 amide bonds. The number of amides is 2. The van der Waals surface area contributed by atoms with E-state index in [1.54, 1.807) is 18.2 Å². The van der Waals surface area contributed by atoms with Crippen molar-refractivity contribution in [1.29, 1.82) is 0 Å². The van der Waals surface area contributed by atoms with E-state index in [9.17, 15) is 9.59 Å². The minimum atomic E-state index is -0.151. The summed E-state index contributed by atoms with van der Waals surface area (Å²) in [7, 11) is 0. The van der Waals surface area contributed by atoms with Crippen LogP contribution in [0.1, 0.15) is 36.7 Å². The first-order valence-electron chi connectivity index (χ1n) is 6.85. The van der Waals surface area contributed by atoms with Crippen LogP contribution < -0.4 is 11.1 Å². The van der Waals surface area contributed by atoms with Gasteiger partial charge in [-0.3, -0.25) is 9.59 Å². The highest BCUT2D eigenvalue weighted by atomic mass is 16.2. The second-order valence-electron chi connectivity index (χ2n) is 4.95. The van der Waals surface area contributed by atoms with Crippen LogP contribution in [0.4, 0.5) is 0 Å². The van der Waals surface area contributed by atoms with Crippen molar-refractivity contribution < 1.29 is 9.59 Å². The highest BCUT2D eigenvalue weighted by Crippen LogP contribution is 2.08. The average Bonchev–Trinajstić information content (AvgIpc) is 2.43. The zero-order valence-corrected chi connectivity index (χ0v) is 12.3. The molecule has 0 bridgehead atoms. The summed E-state index contributed by atoms with van der Waals surface area (Å²) in [5, 5.41) is 2.78. The van der Waals surface area contributed by atoms with Crippen molar-refractivity contribution in [1.82, 2.24) is 10.2 Å². The Morgan fingerprint density at radius 3 is 2.60 bits per heavy atom. The monoisotopic (exact) mass is 277 g/mol. The number of benzene rings is 1. The first-order valence-corrected chi connectivity index (χ1v) is 6.85. The summed E-state index contributed by atoms with van der Waals surface area (Å²) in [5.41, 5.74) is 7.04. The number of carbonyl (C=O) groups excluding carboxylic acids is 2. The number of nitrogens with two attached hydrogens (primary N) is 1. The van der Waals surface area contributed by atoms with Crippen LogP contribution in [0.15, 0.2) is 24.3 Å². The zero-order valence-electron chi connectivity index (χ0n) is 12.3. The summed E-state index contributed by atoms with van der Waals surface area (Å²) in [6.45, 7) is 6.58. The van der Waals surface area contributed by atoms with E-state index in [4.69, 9.17) is 5.73 Å². The molecule has 0 aliphatic carbocycles. The first kappa shape index (κ1) is 16.2. The molecular formula is C15H23N3O2. The number of carbonyl (C=O) groups is 2. The van der Waals surface area contributed by atoms with Gasteiger partial charge < -0.3 is 16.0 Å². The van der Waals surface area contributed by atoms with E-state index in [0.717, 1.165) is 5.56 Å². The van der Waals surface area contributed by atoms with Crippen LogP contribution in [0.5, 0.6) is 0 Å². The molecule has 5 nitrogen and oxygen atoms in total. The normalized spacial score (nSPS) is 10.4. The van der Waals surface area contributed by atoms with Crippen LogP contribution in [0.3, 0.4) is 0 Å². The number of hydrogen-bond acceptors (Lipinski definition) is 3. The van der Waals surface area contributed by atoms with Gasteiger partial charge in [-0.2, -0.15) is 0 Å². The molecule has 0 saturated heterocycles. The molecule has 5 heteroatoms. The molecule has 0 saturated carbocycles. The van der Waals surface area contributed by atoms with Gasteiger partial charge in [-0.25, -0.2) is 0 Å². The standard InChI is InChI=1S/C15H23N3O2/c1-4-18(10-14(19)17-11(2)3)15(20)13-7-5-6-12(8-13)9-16/h5-8,11H,4,9-10,16H2,1-3H3,(H,17,19). The molecule has 1 aromatic carbocycles. The number of nitrogens with one attached hydrogen (secondary N) is 1. The van der Waals surface area contributed by atoms with E-state index >= 15 is 0 Å². The van der Waals surface area contributed by atoms with Crippen molar-refractivity contribution >= 4 is 11.8 Å². The minimum Gasteiger partial charge on any atom is -0.352 e. The fourth-order valence-corrected chi connectivity index (χ4v) is 1.88. The van der Waals surface area contributed by atoms with Crippen LogP contribution in [-0.2, 0) is 11.3 Å². The smallest absolute Gasteiger partial charge is 0.254 e. The van der Waals surface area contributed by atoms with Crippen molar-refractivity contribution in [3.63, 3.8) is 0 Å². The zero-order chi connectivity index (χ0) is 15.1. The van der Waals surface area contributed by atoms with Crippen LogP contribution in [0.25, 0.3) is 0 Å². The topological polar surface area (TPSA) is 75.4 Å². The first-order chi connectivity index (χ1) is 9.47. The summed E-state index contributed by atoms with van der Waals surface area (Å²) in [4.78, 5) is 25.6. The number of likely N-dealkylation sites (N-methyl/N-ethyl adjacent to an activating group) is 1. The maximum absolute atomic E-state index is 12.4. The molecule has 0 radical (unpaired) electrons. The summed E-state index contributed by atoms with van der Waals surface area (Å²) in [6, 6.07) is 7.25. The van der Waals surface area contributed by atoms with E-state index in [-0.39, 0.29) is 24.4 Å². The molecule has 0 heterocycles. The van der Waals surface area contributed by atoms with Crippen molar-refractivity contribution in [2.24, 2.45) is 5.73 Å². The van der Waals surface area contributed by atoms with Gasteiger partial charge in [-0.15, -0.1) is 0 Å². The van der Waals surface area contributed by atoms with Crippen LogP contribution >= 0.6 is 0 Å². The van der Waals surface area contributed by atoms with Crippen molar-refractivity contribution in [3.05, 3.63) is 35.4 Å². The molecule has 0 aromatic heterocycles. The minimum absolute atomic E-state index is 0.0666. The van der Waals surface area contributed by atoms with Gasteiger partial charge in [0, 0.05) is 24.7 Å². The average molecular weight is 277 g/mol. The maximum atomic E-state index is 12.4. The molecule has 1 aromatic rings. The molecule has 0 aliphatic heterocycles. The van der Waals surface area contributed by atoms with Gasteiger partial charge in [-0.1, -0.05) is 12.1 Å². The van der Waals surface area contributed by atoms with Crippen LogP contribution in [0, 0.1) is 0 Å². The molecule has 110 valence electrons. The fourth-order valence-electron chi connectivity index (χ4n) is 1.88. The van der Waals surface area contributed by atoms with Gasteiger partial charge in [0.05, 0.1) is 6.54 Å². The largest absolute Gasteiger partial charge is 0.352 e. The summed E-state index contributed by atoms with van der Waals surface area (Å²) < 4.78 is 0. The lowest BCUT2D eigenvalue weighted by Crippen LogP contribution is -2.42. The molecule has 20 heavy (non-hydrogen) atoms. The van der Waals surface area contributed by atoms with Crippen molar-refractivity contribution in [3.8, 4) is 0 Å². The Morgan fingerprint density at radius 2 is 2.05 bits per heavy atom. The fraction of sp³-hybridized carbons (Fsp3) is 0.467. The molecule has 0 atom stereocenters. The lowest BCUT2D eigenvalue weighted by molar-refractivity contribution is -0.122. The van der Waals surface area contributed by atoms with E-state index in [0.29, 0.717) is 18.7 Å². The summed E-state index contributed by atoms with van der Waals surface area (Å²) in [6.07, 6.45) is 0. The second-order valence-corrected chi connectivity index (χ2v) is 4.95. The Kier molecular flexibility index (Phi) is 6.18. The molecule has 3 N–H and O–H groups in total. The summed E-state index contributed by atoms with van der Waals surface area (Å²) >= 11 is 0. The Bertz CT molecular complexity index is 472. The predicted molar refractivity (Wildman–Crippen MR) is 79.2 cm³/mol. The Labute approximate surface area is 120 Å². The van der Waals surface area contributed by atoms with Crippen molar-refractivity contribution in [2.45, 2.75) is 33.4 Å². The van der Waals surface area contributed by atoms with E-state index < -0.39 is 0 Å². The van der Waals surface area contributed by atoms with Gasteiger partial charge in [0.1, 0.15) is 0 Å². The maximum Gasteiger partial charge on any atom is 0.254 e. The van der Waals surface area contributed by atoms with Crippen molar-refractivity contribution in [2.75, 3.05) is 13.1 Å². The third kappa shape index (κ3) is 4.66. The Morgan fingerprint density at radius 1 is 1.35 bits per heavy atom. The van der Waals surface area contributed by atoms with Gasteiger partial charge in [-0.05, 0) is 38.5 Å².